The first kappa shape index (κ1) is 12.0. The van der Waals surface area contributed by atoms with Gasteiger partial charge in [-0.05, 0) is 23.4 Å². The second-order valence-electron chi connectivity index (χ2n) is 5.89. The Hall–Kier alpha value is -1.44. The second-order valence-corrected chi connectivity index (χ2v) is 5.89. The third-order valence-electron chi connectivity index (χ3n) is 2.98. The fourth-order valence-electron chi connectivity index (χ4n) is 1.94. The summed E-state index contributed by atoms with van der Waals surface area (Å²) in [5.74, 6) is 0.420. The van der Waals surface area contributed by atoms with Gasteiger partial charge < -0.3 is 0 Å². The van der Waals surface area contributed by atoms with Crippen molar-refractivity contribution in [3.8, 4) is 0 Å². The lowest BCUT2D eigenvalue weighted by Crippen LogP contribution is -2.15. The largest absolute Gasteiger partial charge is 0.264 e. The molecule has 0 aliphatic rings. The molecule has 0 unspecified atom stereocenters. The van der Waals surface area contributed by atoms with E-state index in [4.69, 9.17) is 4.98 Å². The highest BCUT2D eigenvalue weighted by atomic mass is 14.7. The van der Waals surface area contributed by atoms with Crippen LogP contribution in [-0.4, -0.2) is 9.97 Å². The maximum absolute atomic E-state index is 4.83. The monoisotopic (exact) mass is 228 g/mol. The Labute approximate surface area is 103 Å². The minimum Gasteiger partial charge on any atom is -0.264 e. The second kappa shape index (κ2) is 4.10. The minimum atomic E-state index is 0.0844. The normalized spacial score (nSPS) is 12.4. The number of hydrogen-bond donors (Lipinski definition) is 0. The van der Waals surface area contributed by atoms with Gasteiger partial charge in [-0.2, -0.15) is 0 Å². The molecule has 0 aliphatic carbocycles. The zero-order valence-electron chi connectivity index (χ0n) is 11.3. The van der Waals surface area contributed by atoms with Crippen molar-refractivity contribution in [1.82, 2.24) is 9.97 Å². The van der Waals surface area contributed by atoms with Crippen molar-refractivity contribution in [2.24, 2.45) is 0 Å². The summed E-state index contributed by atoms with van der Waals surface area (Å²) in [5.41, 5.74) is 2.39. The van der Waals surface area contributed by atoms with Crippen LogP contribution in [0.25, 0.3) is 10.8 Å². The van der Waals surface area contributed by atoms with E-state index in [2.05, 4.69) is 51.7 Å². The van der Waals surface area contributed by atoms with E-state index in [-0.39, 0.29) is 5.41 Å². The molecule has 0 spiro atoms. The summed E-state index contributed by atoms with van der Waals surface area (Å²) in [7, 11) is 0. The quantitative estimate of drug-likeness (QED) is 0.736. The van der Waals surface area contributed by atoms with E-state index in [0.29, 0.717) is 5.92 Å². The molecule has 2 rings (SSSR count). The van der Waals surface area contributed by atoms with Crippen molar-refractivity contribution < 1.29 is 0 Å². The average molecular weight is 228 g/mol. The van der Waals surface area contributed by atoms with Gasteiger partial charge in [0.2, 0.25) is 0 Å². The lowest BCUT2D eigenvalue weighted by atomic mass is 9.89. The van der Waals surface area contributed by atoms with Gasteiger partial charge in [-0.15, -0.1) is 0 Å². The lowest BCUT2D eigenvalue weighted by Gasteiger charge is -2.21. The van der Waals surface area contributed by atoms with E-state index in [1.54, 1.807) is 0 Å². The first-order chi connectivity index (χ1) is 7.89. The Morgan fingerprint density at radius 2 is 1.88 bits per heavy atom. The third kappa shape index (κ3) is 2.31. The van der Waals surface area contributed by atoms with Gasteiger partial charge in [0.05, 0.1) is 5.69 Å². The molecule has 2 aromatic rings. The number of rotatable bonds is 1. The fourth-order valence-corrected chi connectivity index (χ4v) is 1.94. The molecule has 17 heavy (non-hydrogen) atoms. The molecule has 0 atom stereocenters. The number of pyridine rings is 2. The number of aromatic nitrogens is 2. The van der Waals surface area contributed by atoms with E-state index < -0.39 is 0 Å². The molecule has 2 nitrogen and oxygen atoms in total. The van der Waals surface area contributed by atoms with Crippen LogP contribution in [0.3, 0.4) is 0 Å². The number of fused-ring (bicyclic) bond motifs is 1. The summed E-state index contributed by atoms with van der Waals surface area (Å²) in [4.78, 5) is 9.04. The van der Waals surface area contributed by atoms with Crippen LogP contribution in [-0.2, 0) is 5.41 Å². The highest BCUT2D eigenvalue weighted by molar-refractivity contribution is 5.84. The Morgan fingerprint density at radius 3 is 2.47 bits per heavy atom. The van der Waals surface area contributed by atoms with Crippen LogP contribution < -0.4 is 0 Å². The van der Waals surface area contributed by atoms with Gasteiger partial charge in [-0.1, -0.05) is 34.6 Å². The molecular weight excluding hydrogens is 208 g/mol. The molecule has 90 valence electrons. The van der Waals surface area contributed by atoms with Gasteiger partial charge in [0.25, 0.3) is 0 Å². The Kier molecular flexibility index (Phi) is 2.90. The average Bonchev–Trinajstić information content (AvgIpc) is 2.26. The Bertz CT molecular complexity index is 536. The van der Waals surface area contributed by atoms with Crippen molar-refractivity contribution in [3.05, 3.63) is 35.9 Å². The summed E-state index contributed by atoms with van der Waals surface area (Å²) in [5, 5.41) is 2.42. The first-order valence-corrected chi connectivity index (χ1v) is 6.15. The fraction of sp³-hybridized carbons (Fsp3) is 0.467. The Balaban J connectivity index is 2.76. The van der Waals surface area contributed by atoms with Crippen LogP contribution in [0, 0.1) is 0 Å². The first-order valence-electron chi connectivity index (χ1n) is 6.15. The zero-order chi connectivity index (χ0) is 12.6. The topological polar surface area (TPSA) is 25.8 Å². The maximum atomic E-state index is 4.83. The smallest absolute Gasteiger partial charge is 0.0526 e. The minimum absolute atomic E-state index is 0.0844. The summed E-state index contributed by atoms with van der Waals surface area (Å²) in [6, 6.07) is 4.25. The molecule has 0 radical (unpaired) electrons. The van der Waals surface area contributed by atoms with E-state index in [1.807, 2.05) is 12.4 Å². The molecule has 0 amide bonds. The van der Waals surface area contributed by atoms with Crippen molar-refractivity contribution in [2.75, 3.05) is 0 Å². The molecule has 0 aliphatic heterocycles. The third-order valence-corrected chi connectivity index (χ3v) is 2.98. The summed E-state index contributed by atoms with van der Waals surface area (Å²) >= 11 is 0. The van der Waals surface area contributed by atoms with Crippen LogP contribution in [0.15, 0.2) is 24.5 Å². The standard InChI is InChI=1S/C15H20N2/c1-10(2)14-12-9-16-7-6-11(12)8-13(17-14)15(3,4)5/h6-10H,1-5H3. The summed E-state index contributed by atoms with van der Waals surface area (Å²) < 4.78 is 0. The molecule has 2 aromatic heterocycles. The maximum Gasteiger partial charge on any atom is 0.0526 e. The van der Waals surface area contributed by atoms with Gasteiger partial charge in [-0.3, -0.25) is 9.97 Å². The van der Waals surface area contributed by atoms with Gasteiger partial charge in [0.1, 0.15) is 0 Å². The number of nitrogens with zero attached hydrogens (tertiary/aromatic N) is 2. The van der Waals surface area contributed by atoms with Crippen LogP contribution in [0.5, 0.6) is 0 Å². The molecule has 0 fully saturated rings. The number of hydrogen-bond acceptors (Lipinski definition) is 2. The van der Waals surface area contributed by atoms with Crippen molar-refractivity contribution >= 4 is 10.8 Å². The molecular formula is C15H20N2. The molecule has 0 saturated heterocycles. The van der Waals surface area contributed by atoms with E-state index in [1.165, 1.54) is 10.8 Å². The van der Waals surface area contributed by atoms with Gasteiger partial charge in [-0.25, -0.2) is 0 Å². The molecule has 0 bridgehead atoms. The molecule has 2 heterocycles. The molecule has 0 N–H and O–H groups in total. The summed E-state index contributed by atoms with van der Waals surface area (Å²) in [6.07, 6.45) is 3.77. The molecule has 0 aromatic carbocycles. The predicted molar refractivity (Wildman–Crippen MR) is 72.3 cm³/mol. The predicted octanol–water partition coefficient (Wildman–Crippen LogP) is 4.05. The van der Waals surface area contributed by atoms with Crippen molar-refractivity contribution in [2.45, 2.75) is 46.0 Å². The van der Waals surface area contributed by atoms with Crippen LogP contribution in [0.2, 0.25) is 0 Å². The van der Waals surface area contributed by atoms with E-state index >= 15 is 0 Å². The van der Waals surface area contributed by atoms with Gasteiger partial charge in [0.15, 0.2) is 0 Å². The van der Waals surface area contributed by atoms with Crippen molar-refractivity contribution in [1.29, 1.82) is 0 Å². The Morgan fingerprint density at radius 1 is 1.18 bits per heavy atom. The lowest BCUT2D eigenvalue weighted by molar-refractivity contribution is 0.565. The highest BCUT2D eigenvalue weighted by Gasteiger charge is 2.18. The highest BCUT2D eigenvalue weighted by Crippen LogP contribution is 2.28. The van der Waals surface area contributed by atoms with E-state index in [9.17, 15) is 0 Å². The van der Waals surface area contributed by atoms with Crippen LogP contribution >= 0.6 is 0 Å². The summed E-state index contributed by atoms with van der Waals surface area (Å²) in [6.45, 7) is 11.0. The SMILES string of the molecule is CC(C)c1nc(C(C)(C)C)cc2ccncc12. The van der Waals surface area contributed by atoms with Crippen LogP contribution in [0.1, 0.15) is 51.9 Å². The van der Waals surface area contributed by atoms with Gasteiger partial charge >= 0.3 is 0 Å². The van der Waals surface area contributed by atoms with Crippen molar-refractivity contribution in [3.63, 3.8) is 0 Å². The van der Waals surface area contributed by atoms with E-state index in [0.717, 1.165) is 11.4 Å². The van der Waals surface area contributed by atoms with Crippen LogP contribution in [0.4, 0.5) is 0 Å². The molecule has 2 heteroatoms. The van der Waals surface area contributed by atoms with Gasteiger partial charge in [0, 0.05) is 28.9 Å². The zero-order valence-corrected chi connectivity index (χ0v) is 11.3. The molecule has 0 saturated carbocycles.